The predicted molar refractivity (Wildman–Crippen MR) is 93.4 cm³/mol. The van der Waals surface area contributed by atoms with Crippen LogP contribution in [0.15, 0.2) is 54.6 Å². The molecule has 0 aliphatic carbocycles. The molecule has 0 fully saturated rings. The Morgan fingerprint density at radius 1 is 1.09 bits per heavy atom. The van der Waals surface area contributed by atoms with Gasteiger partial charge in [-0.25, -0.2) is 0 Å². The van der Waals surface area contributed by atoms with E-state index >= 15 is 0 Å². The molecule has 0 saturated heterocycles. The van der Waals surface area contributed by atoms with Gasteiger partial charge in [-0.15, -0.1) is 0 Å². The molecule has 23 heavy (non-hydrogen) atoms. The molecule has 2 aromatic rings. The average Bonchev–Trinajstić information content (AvgIpc) is 2.58. The van der Waals surface area contributed by atoms with E-state index in [4.69, 9.17) is 16.7 Å². The zero-order chi connectivity index (χ0) is 16.5. The number of halogens is 1. The van der Waals surface area contributed by atoms with E-state index in [9.17, 15) is 4.79 Å². The first-order valence-electron chi connectivity index (χ1n) is 7.89. The van der Waals surface area contributed by atoms with Crippen LogP contribution < -0.4 is 5.32 Å². The van der Waals surface area contributed by atoms with Crippen molar-refractivity contribution in [2.75, 3.05) is 6.61 Å². The smallest absolute Gasteiger partial charge is 0.220 e. The largest absolute Gasteiger partial charge is 0.396 e. The van der Waals surface area contributed by atoms with Gasteiger partial charge in [-0.1, -0.05) is 60.1 Å². The van der Waals surface area contributed by atoms with Crippen LogP contribution in [0.3, 0.4) is 0 Å². The van der Waals surface area contributed by atoms with Gasteiger partial charge in [-0.3, -0.25) is 4.79 Å². The molecule has 1 atom stereocenters. The Morgan fingerprint density at radius 3 is 2.48 bits per heavy atom. The molecular weight excluding hydrogens is 310 g/mol. The Balaban J connectivity index is 1.93. The van der Waals surface area contributed by atoms with Crippen molar-refractivity contribution in [1.29, 1.82) is 0 Å². The third kappa shape index (κ3) is 5.70. The number of aliphatic hydroxyl groups excluding tert-OH is 1. The summed E-state index contributed by atoms with van der Waals surface area (Å²) in [6.45, 7) is 0.124. The summed E-state index contributed by atoms with van der Waals surface area (Å²) in [5.41, 5.74) is 2.04. The number of hydrogen-bond donors (Lipinski definition) is 2. The van der Waals surface area contributed by atoms with E-state index in [1.54, 1.807) is 0 Å². The Kier molecular flexibility index (Phi) is 7.11. The van der Waals surface area contributed by atoms with Crippen molar-refractivity contribution < 1.29 is 9.90 Å². The molecule has 0 bridgehead atoms. The molecule has 0 aliphatic rings. The number of aryl methyl sites for hydroxylation is 1. The van der Waals surface area contributed by atoms with Crippen molar-refractivity contribution in [2.24, 2.45) is 0 Å². The maximum atomic E-state index is 12.3. The third-order valence-electron chi connectivity index (χ3n) is 3.77. The number of aliphatic hydroxyl groups is 1. The minimum absolute atomic E-state index is 0.00304. The Morgan fingerprint density at radius 2 is 1.78 bits per heavy atom. The first kappa shape index (κ1) is 17.5. The Labute approximate surface area is 142 Å². The first-order valence-corrected chi connectivity index (χ1v) is 8.27. The van der Waals surface area contributed by atoms with Crippen molar-refractivity contribution in [2.45, 2.75) is 31.7 Å². The molecule has 0 saturated carbocycles. The van der Waals surface area contributed by atoms with Crippen LogP contribution in [0.5, 0.6) is 0 Å². The number of nitrogens with one attached hydrogen (secondary N) is 1. The predicted octanol–water partition coefficient (Wildman–Crippen LogP) is 3.90. The topological polar surface area (TPSA) is 49.3 Å². The van der Waals surface area contributed by atoms with Gasteiger partial charge in [-0.05, 0) is 36.5 Å². The van der Waals surface area contributed by atoms with E-state index in [1.165, 1.54) is 0 Å². The molecule has 0 aliphatic heterocycles. The second-order valence-corrected chi connectivity index (χ2v) is 5.90. The van der Waals surface area contributed by atoms with Crippen LogP contribution in [0, 0.1) is 0 Å². The summed E-state index contributed by atoms with van der Waals surface area (Å²) >= 11 is 6.12. The molecule has 3 nitrogen and oxygen atoms in total. The summed E-state index contributed by atoms with van der Waals surface area (Å²) in [6, 6.07) is 17.4. The molecule has 0 radical (unpaired) electrons. The Bertz CT molecular complexity index is 616. The van der Waals surface area contributed by atoms with Crippen molar-refractivity contribution >= 4 is 17.5 Å². The zero-order valence-corrected chi connectivity index (χ0v) is 13.8. The van der Waals surface area contributed by atoms with Gasteiger partial charge < -0.3 is 10.4 Å². The van der Waals surface area contributed by atoms with Gasteiger partial charge in [0.05, 0.1) is 6.04 Å². The molecule has 2 rings (SSSR count). The molecule has 122 valence electrons. The van der Waals surface area contributed by atoms with Crippen LogP contribution in [0.4, 0.5) is 0 Å². The fourth-order valence-electron chi connectivity index (χ4n) is 2.52. The van der Waals surface area contributed by atoms with Gasteiger partial charge in [0.25, 0.3) is 0 Å². The molecule has 1 unspecified atom stereocenters. The van der Waals surface area contributed by atoms with E-state index in [-0.39, 0.29) is 18.6 Å². The van der Waals surface area contributed by atoms with Gasteiger partial charge in [0.1, 0.15) is 0 Å². The van der Waals surface area contributed by atoms with Crippen LogP contribution >= 0.6 is 11.6 Å². The van der Waals surface area contributed by atoms with Gasteiger partial charge in [-0.2, -0.15) is 0 Å². The number of carbonyl (C=O) groups is 1. The fraction of sp³-hybridized carbons (Fsp3) is 0.316. The third-order valence-corrected chi connectivity index (χ3v) is 4.14. The monoisotopic (exact) mass is 331 g/mol. The molecule has 4 heteroatoms. The minimum atomic E-state index is -0.0675. The van der Waals surface area contributed by atoms with Crippen LogP contribution in [-0.4, -0.2) is 17.6 Å². The highest BCUT2D eigenvalue weighted by molar-refractivity contribution is 6.31. The summed E-state index contributed by atoms with van der Waals surface area (Å²) in [6.07, 6.45) is 2.39. The van der Waals surface area contributed by atoms with Crippen molar-refractivity contribution in [3.8, 4) is 0 Å². The second-order valence-electron chi connectivity index (χ2n) is 5.49. The molecule has 2 aromatic carbocycles. The standard InChI is InChI=1S/C19H22ClNO2/c20-17-10-5-4-7-15(17)12-13-19(23)21-18(11-6-14-22)16-8-2-1-3-9-16/h1-5,7-10,18,22H,6,11-14H2,(H,21,23). The lowest BCUT2D eigenvalue weighted by molar-refractivity contribution is -0.121. The second kappa shape index (κ2) is 9.33. The normalized spacial score (nSPS) is 11.9. The minimum Gasteiger partial charge on any atom is -0.396 e. The highest BCUT2D eigenvalue weighted by atomic mass is 35.5. The summed E-state index contributed by atoms with van der Waals surface area (Å²) in [4.78, 5) is 12.3. The maximum absolute atomic E-state index is 12.3. The van der Waals surface area contributed by atoms with Crippen molar-refractivity contribution in [3.05, 3.63) is 70.7 Å². The van der Waals surface area contributed by atoms with Crippen molar-refractivity contribution in [1.82, 2.24) is 5.32 Å². The molecule has 2 N–H and O–H groups in total. The van der Waals surface area contributed by atoms with Gasteiger partial charge in [0.2, 0.25) is 5.91 Å². The summed E-state index contributed by atoms with van der Waals surface area (Å²) in [5.74, 6) is -0.00304. The molecular formula is C19H22ClNO2. The lowest BCUT2D eigenvalue weighted by Crippen LogP contribution is -2.29. The summed E-state index contributed by atoms with van der Waals surface area (Å²) in [7, 11) is 0. The number of benzene rings is 2. The van der Waals surface area contributed by atoms with Crippen molar-refractivity contribution in [3.63, 3.8) is 0 Å². The van der Waals surface area contributed by atoms with Gasteiger partial charge in [0.15, 0.2) is 0 Å². The van der Waals surface area contributed by atoms with Crippen LogP contribution in [-0.2, 0) is 11.2 Å². The first-order chi connectivity index (χ1) is 11.2. The lowest BCUT2D eigenvalue weighted by atomic mass is 10.0. The summed E-state index contributed by atoms with van der Waals surface area (Å²) < 4.78 is 0. The van der Waals surface area contributed by atoms with Crippen LogP contribution in [0.25, 0.3) is 0 Å². The lowest BCUT2D eigenvalue weighted by Gasteiger charge is -2.19. The molecule has 1 amide bonds. The average molecular weight is 332 g/mol. The van der Waals surface area contributed by atoms with E-state index in [1.807, 2.05) is 54.6 Å². The van der Waals surface area contributed by atoms with E-state index in [0.717, 1.165) is 17.5 Å². The van der Waals surface area contributed by atoms with E-state index in [2.05, 4.69) is 5.32 Å². The fourth-order valence-corrected chi connectivity index (χ4v) is 2.75. The summed E-state index contributed by atoms with van der Waals surface area (Å²) in [5, 5.41) is 12.8. The maximum Gasteiger partial charge on any atom is 0.220 e. The van der Waals surface area contributed by atoms with Gasteiger partial charge in [0, 0.05) is 18.1 Å². The van der Waals surface area contributed by atoms with Crippen LogP contribution in [0.1, 0.15) is 36.4 Å². The highest BCUT2D eigenvalue weighted by Gasteiger charge is 2.14. The van der Waals surface area contributed by atoms with Gasteiger partial charge >= 0.3 is 0 Å². The number of amides is 1. The quantitative estimate of drug-likeness (QED) is 0.770. The molecule has 0 aromatic heterocycles. The number of carbonyl (C=O) groups excluding carboxylic acids is 1. The highest BCUT2D eigenvalue weighted by Crippen LogP contribution is 2.20. The number of rotatable bonds is 8. The zero-order valence-electron chi connectivity index (χ0n) is 13.0. The van der Waals surface area contributed by atoms with E-state index < -0.39 is 0 Å². The van der Waals surface area contributed by atoms with Crippen LogP contribution in [0.2, 0.25) is 5.02 Å². The molecule has 0 spiro atoms. The van der Waals surface area contributed by atoms with E-state index in [0.29, 0.717) is 24.3 Å². The number of hydrogen-bond acceptors (Lipinski definition) is 2. The SMILES string of the molecule is O=C(CCc1ccccc1Cl)NC(CCCO)c1ccccc1. The Hall–Kier alpha value is -1.84. The molecule has 0 heterocycles.